The molecule has 0 bridgehead atoms. The molecule has 2 radical (unpaired) electrons. The van der Waals surface area contributed by atoms with Gasteiger partial charge in [-0.15, -0.1) is 0 Å². The molecule has 1 heterocycles. The molecule has 11 heteroatoms. The number of nitrogens with one attached hydrogen (secondary N) is 1. The van der Waals surface area contributed by atoms with Crippen LogP contribution < -0.4 is 5.32 Å². The Bertz CT molecular complexity index is 928. The van der Waals surface area contributed by atoms with Crippen LogP contribution in [0.15, 0.2) is 39.8 Å². The summed E-state index contributed by atoms with van der Waals surface area (Å²) in [5.41, 5.74) is 0.227. The molecule has 2 rings (SSSR count). The van der Waals surface area contributed by atoms with Crippen molar-refractivity contribution >= 4 is 53.0 Å². The maximum absolute atomic E-state index is 12.4. The molecule has 1 aromatic carbocycles. The zero-order valence-electron chi connectivity index (χ0n) is 13.8. The number of ether oxygens (including phenoxy) is 1. The number of carbonyl (C=O) groups excluding carboxylic acids is 1. The van der Waals surface area contributed by atoms with E-state index in [0.717, 1.165) is 6.07 Å². The average Bonchev–Trinajstić information content (AvgIpc) is 3.08. The van der Waals surface area contributed by atoms with Crippen LogP contribution in [0.4, 0.5) is 5.69 Å². The first-order valence-electron chi connectivity index (χ1n) is 7.64. The molecule has 0 fully saturated rings. The van der Waals surface area contributed by atoms with Crippen molar-refractivity contribution in [1.29, 1.82) is 0 Å². The number of carboxylic acids is 1. The standard InChI is InChI=1S/C16H15AsClNO7S/c17-27(23,24)14-7-11(16(22)26-6-2-4-15(20)21)13(8-12(14)18)19-9-10-3-1-5-25-10/h1,3,5,7-8,19H,2,4,6,9H2,(H,20,21). The number of anilines is 1. The molecule has 2 N–H and O–H groups in total. The van der Waals surface area contributed by atoms with Crippen molar-refractivity contribution in [3.8, 4) is 0 Å². The number of hydrogen-bond acceptors (Lipinski definition) is 7. The van der Waals surface area contributed by atoms with Gasteiger partial charge in [-0.1, -0.05) is 0 Å². The van der Waals surface area contributed by atoms with Gasteiger partial charge in [0.15, 0.2) is 0 Å². The van der Waals surface area contributed by atoms with Gasteiger partial charge in [0.1, 0.15) is 0 Å². The van der Waals surface area contributed by atoms with Crippen molar-refractivity contribution in [2.45, 2.75) is 24.3 Å². The van der Waals surface area contributed by atoms with Crippen molar-refractivity contribution in [1.82, 2.24) is 0 Å². The third kappa shape index (κ3) is 6.30. The van der Waals surface area contributed by atoms with Gasteiger partial charge in [0.25, 0.3) is 0 Å². The number of carboxylic acid groups (broad SMARTS) is 1. The number of hydrogen-bond donors (Lipinski definition) is 2. The number of furan rings is 1. The maximum atomic E-state index is 12.4. The Labute approximate surface area is 168 Å². The number of benzene rings is 1. The van der Waals surface area contributed by atoms with Crippen LogP contribution in [0.5, 0.6) is 0 Å². The van der Waals surface area contributed by atoms with E-state index in [9.17, 15) is 18.0 Å². The zero-order chi connectivity index (χ0) is 20.0. The molecule has 0 aliphatic heterocycles. The van der Waals surface area contributed by atoms with Gasteiger partial charge < -0.3 is 0 Å². The number of aliphatic carboxylic acids is 1. The van der Waals surface area contributed by atoms with Crippen molar-refractivity contribution in [3.63, 3.8) is 0 Å². The predicted molar refractivity (Wildman–Crippen MR) is 97.6 cm³/mol. The fraction of sp³-hybridized carbons (Fsp3) is 0.250. The number of esters is 1. The summed E-state index contributed by atoms with van der Waals surface area (Å²) in [5, 5.41) is 11.5. The Morgan fingerprint density at radius 2 is 2.07 bits per heavy atom. The normalized spacial score (nSPS) is 11.2. The predicted octanol–water partition coefficient (Wildman–Crippen LogP) is 2.42. The molecule has 2 aromatic rings. The summed E-state index contributed by atoms with van der Waals surface area (Å²) in [4.78, 5) is 22.7. The third-order valence-electron chi connectivity index (χ3n) is 3.37. The molecule has 144 valence electrons. The summed E-state index contributed by atoms with van der Waals surface area (Å²) >= 11 is 7.54. The summed E-state index contributed by atoms with van der Waals surface area (Å²) in [6.45, 7) is 0.118. The quantitative estimate of drug-likeness (QED) is 0.322. The van der Waals surface area contributed by atoms with Crippen LogP contribution in [0.1, 0.15) is 29.0 Å². The van der Waals surface area contributed by atoms with E-state index < -0.39 is 20.0 Å². The summed E-state index contributed by atoms with van der Waals surface area (Å²) < 4.78 is 34.0. The van der Waals surface area contributed by atoms with Crippen molar-refractivity contribution in [2.24, 2.45) is 0 Å². The van der Waals surface area contributed by atoms with Crippen molar-refractivity contribution < 1.29 is 32.3 Å². The van der Waals surface area contributed by atoms with Crippen LogP contribution >= 0.6 is 11.6 Å². The van der Waals surface area contributed by atoms with Gasteiger partial charge in [0.05, 0.1) is 0 Å². The van der Waals surface area contributed by atoms with Crippen LogP contribution in [0, 0.1) is 0 Å². The van der Waals surface area contributed by atoms with Crippen molar-refractivity contribution in [2.75, 3.05) is 11.9 Å². The van der Waals surface area contributed by atoms with Gasteiger partial charge in [-0.05, 0) is 0 Å². The summed E-state index contributed by atoms with van der Waals surface area (Å²) in [6, 6.07) is 5.87. The van der Waals surface area contributed by atoms with Gasteiger partial charge in [0.2, 0.25) is 0 Å². The molecule has 0 saturated carbocycles. The summed E-state index contributed by atoms with van der Waals surface area (Å²) in [5.74, 6) is -1.21. The molecule has 0 saturated heterocycles. The molecular weight excluding hydrogens is 461 g/mol. The molecule has 27 heavy (non-hydrogen) atoms. The van der Waals surface area contributed by atoms with Crippen LogP contribution in [-0.2, 0) is 24.2 Å². The summed E-state index contributed by atoms with van der Waals surface area (Å²) in [6.07, 6.45) is 1.48. The second kappa shape index (κ2) is 9.30. The Kier molecular flexibility index (Phi) is 7.35. The van der Waals surface area contributed by atoms with E-state index in [0.29, 0.717) is 5.76 Å². The van der Waals surface area contributed by atoms with E-state index in [1.807, 2.05) is 0 Å². The van der Waals surface area contributed by atoms with Crippen molar-refractivity contribution in [3.05, 3.63) is 46.9 Å². The van der Waals surface area contributed by atoms with Gasteiger partial charge in [-0.25, -0.2) is 0 Å². The van der Waals surface area contributed by atoms with E-state index >= 15 is 0 Å². The van der Waals surface area contributed by atoms with Gasteiger partial charge in [-0.3, -0.25) is 0 Å². The fourth-order valence-corrected chi connectivity index (χ4v) is 4.47. The molecule has 0 amide bonds. The average molecular weight is 476 g/mol. The van der Waals surface area contributed by atoms with E-state index in [4.69, 9.17) is 25.9 Å². The first-order chi connectivity index (χ1) is 12.7. The van der Waals surface area contributed by atoms with Gasteiger partial charge in [0, 0.05) is 0 Å². The minimum absolute atomic E-state index is 0.0362. The molecular formula is C16H15AsClNO7S. The Morgan fingerprint density at radius 1 is 1.33 bits per heavy atom. The first kappa shape index (κ1) is 21.3. The van der Waals surface area contributed by atoms with E-state index in [1.54, 1.807) is 12.1 Å². The molecule has 1 aromatic heterocycles. The van der Waals surface area contributed by atoms with Crippen LogP contribution in [-0.4, -0.2) is 47.8 Å². The Hall–Kier alpha value is -1.96. The van der Waals surface area contributed by atoms with Crippen LogP contribution in [0.25, 0.3) is 0 Å². The molecule has 0 atom stereocenters. The number of rotatable bonds is 9. The number of carbonyl (C=O) groups is 2. The number of halogens is 1. The Morgan fingerprint density at radius 3 is 2.67 bits per heavy atom. The van der Waals surface area contributed by atoms with E-state index in [2.05, 4.69) is 5.32 Å². The fourth-order valence-electron chi connectivity index (χ4n) is 2.13. The van der Waals surface area contributed by atoms with Gasteiger partial charge in [-0.2, -0.15) is 0 Å². The minimum atomic E-state index is -3.73. The van der Waals surface area contributed by atoms with Crippen LogP contribution in [0.2, 0.25) is 5.02 Å². The SMILES string of the molecule is O=C(O)CCCOC(=O)c1cc(S(=O)(=O)[As])c(Cl)cc1NCc1ccco1. The second-order valence-electron chi connectivity index (χ2n) is 5.37. The van der Waals surface area contributed by atoms with E-state index in [1.165, 1.54) is 28.0 Å². The molecule has 0 aliphatic carbocycles. The summed E-state index contributed by atoms with van der Waals surface area (Å²) in [7, 11) is -3.73. The zero-order valence-corrected chi connectivity index (χ0v) is 17.3. The molecule has 0 spiro atoms. The van der Waals surface area contributed by atoms with Gasteiger partial charge >= 0.3 is 168 Å². The third-order valence-corrected chi connectivity index (χ3v) is 5.93. The molecule has 0 aliphatic rings. The first-order valence-corrected chi connectivity index (χ1v) is 11.8. The van der Waals surface area contributed by atoms with E-state index in [-0.39, 0.29) is 47.2 Å². The Balaban J connectivity index is 2.26. The molecule has 8 nitrogen and oxygen atoms in total. The molecule has 0 unspecified atom stereocenters. The second-order valence-corrected chi connectivity index (χ2v) is 10.2. The topological polar surface area (TPSA) is 123 Å². The monoisotopic (exact) mass is 475 g/mol. The van der Waals surface area contributed by atoms with Crippen LogP contribution in [0.3, 0.4) is 0 Å².